The van der Waals surface area contributed by atoms with E-state index in [9.17, 15) is 4.79 Å². The van der Waals surface area contributed by atoms with E-state index >= 15 is 0 Å². The molecular formula is C12H24O. The van der Waals surface area contributed by atoms with Crippen LogP contribution < -0.4 is 0 Å². The Kier molecular flexibility index (Phi) is 6.93. The highest BCUT2D eigenvalue weighted by atomic mass is 16.1. The third-order valence-electron chi connectivity index (χ3n) is 2.55. The van der Waals surface area contributed by atoms with Crippen LogP contribution in [0.3, 0.4) is 0 Å². The first kappa shape index (κ1) is 12.7. The van der Waals surface area contributed by atoms with Crippen LogP contribution in [0.25, 0.3) is 0 Å². The molecule has 0 fully saturated rings. The van der Waals surface area contributed by atoms with Crippen LogP contribution in [0.15, 0.2) is 0 Å². The summed E-state index contributed by atoms with van der Waals surface area (Å²) in [6.45, 7) is 8.26. The third kappa shape index (κ3) is 5.84. The van der Waals surface area contributed by atoms with Crippen molar-refractivity contribution in [3.8, 4) is 0 Å². The van der Waals surface area contributed by atoms with Crippen molar-refractivity contribution in [3.05, 3.63) is 0 Å². The lowest BCUT2D eigenvalue weighted by molar-refractivity contribution is -0.125. The molecule has 0 bridgehead atoms. The highest BCUT2D eigenvalue weighted by molar-refractivity contribution is 5.82. The molecule has 0 N–H and O–H groups in total. The number of Topliss-reactive ketones (excluding diaryl/α,β-unsaturated/α-hetero) is 1. The van der Waals surface area contributed by atoms with Crippen LogP contribution >= 0.6 is 0 Å². The maximum atomic E-state index is 11.5. The second-order valence-corrected chi connectivity index (χ2v) is 4.31. The molecule has 0 aromatic carbocycles. The summed E-state index contributed by atoms with van der Waals surface area (Å²) in [7, 11) is 0. The molecule has 1 unspecified atom stereocenters. The Balaban J connectivity index is 3.50. The fourth-order valence-corrected chi connectivity index (χ4v) is 1.59. The number of rotatable bonds is 7. The molecule has 0 radical (unpaired) electrons. The van der Waals surface area contributed by atoms with Gasteiger partial charge in [-0.05, 0) is 6.42 Å². The van der Waals surface area contributed by atoms with E-state index in [2.05, 4.69) is 13.8 Å². The van der Waals surface area contributed by atoms with Crippen LogP contribution in [0.1, 0.15) is 59.8 Å². The lowest BCUT2D eigenvalue weighted by Crippen LogP contribution is -2.16. The minimum atomic E-state index is 0.209. The molecule has 1 atom stereocenters. The zero-order valence-corrected chi connectivity index (χ0v) is 9.60. The van der Waals surface area contributed by atoms with E-state index in [1.165, 1.54) is 25.7 Å². The van der Waals surface area contributed by atoms with Crippen molar-refractivity contribution in [2.45, 2.75) is 59.8 Å². The summed E-state index contributed by atoms with van der Waals surface area (Å²) >= 11 is 0. The third-order valence-corrected chi connectivity index (χ3v) is 2.55. The Bertz CT molecular complexity index is 138. The van der Waals surface area contributed by atoms with Crippen molar-refractivity contribution in [1.29, 1.82) is 0 Å². The van der Waals surface area contributed by atoms with Crippen LogP contribution in [0.2, 0.25) is 0 Å². The average Bonchev–Trinajstić information content (AvgIpc) is 2.10. The van der Waals surface area contributed by atoms with Crippen LogP contribution in [-0.4, -0.2) is 5.78 Å². The fourth-order valence-electron chi connectivity index (χ4n) is 1.59. The van der Waals surface area contributed by atoms with Crippen LogP contribution in [0.4, 0.5) is 0 Å². The van der Waals surface area contributed by atoms with E-state index in [0.717, 1.165) is 6.42 Å². The van der Waals surface area contributed by atoms with E-state index in [-0.39, 0.29) is 11.8 Å². The van der Waals surface area contributed by atoms with E-state index in [1.807, 2.05) is 13.8 Å². The van der Waals surface area contributed by atoms with Gasteiger partial charge in [0.15, 0.2) is 0 Å². The number of ketones is 1. The predicted octanol–water partition coefficient (Wildman–Crippen LogP) is 3.82. The molecule has 0 aliphatic rings. The molecule has 13 heavy (non-hydrogen) atoms. The molecular weight excluding hydrogens is 160 g/mol. The van der Waals surface area contributed by atoms with Crippen molar-refractivity contribution in [3.63, 3.8) is 0 Å². The molecule has 0 aliphatic carbocycles. The van der Waals surface area contributed by atoms with Crippen molar-refractivity contribution in [2.75, 3.05) is 0 Å². The van der Waals surface area contributed by atoms with Crippen molar-refractivity contribution in [2.24, 2.45) is 11.8 Å². The van der Waals surface area contributed by atoms with Crippen LogP contribution in [0, 0.1) is 11.8 Å². The number of unbranched alkanes of at least 4 members (excludes halogenated alkanes) is 3. The number of hydrogen-bond acceptors (Lipinski definition) is 1. The van der Waals surface area contributed by atoms with Gasteiger partial charge in [0.1, 0.15) is 5.78 Å². The summed E-state index contributed by atoms with van der Waals surface area (Å²) in [5, 5.41) is 0. The molecule has 0 aliphatic heterocycles. The normalized spacial score (nSPS) is 13.3. The number of carbonyl (C=O) groups excluding carboxylic acids is 1. The Morgan fingerprint density at radius 1 is 1.08 bits per heavy atom. The first-order valence-corrected chi connectivity index (χ1v) is 5.63. The molecule has 0 amide bonds. The Hall–Kier alpha value is -0.330. The van der Waals surface area contributed by atoms with Crippen LogP contribution in [-0.2, 0) is 4.79 Å². The summed E-state index contributed by atoms with van der Waals surface area (Å²) in [5.41, 5.74) is 0. The quantitative estimate of drug-likeness (QED) is 0.550. The summed E-state index contributed by atoms with van der Waals surface area (Å²) in [6, 6.07) is 0. The lowest BCUT2D eigenvalue weighted by Gasteiger charge is -2.12. The van der Waals surface area contributed by atoms with Gasteiger partial charge in [-0.2, -0.15) is 0 Å². The van der Waals surface area contributed by atoms with Gasteiger partial charge >= 0.3 is 0 Å². The maximum Gasteiger partial charge on any atom is 0.138 e. The number of carbonyl (C=O) groups is 1. The molecule has 1 nitrogen and oxygen atoms in total. The van der Waals surface area contributed by atoms with E-state index in [0.29, 0.717) is 5.78 Å². The van der Waals surface area contributed by atoms with Crippen LogP contribution in [0.5, 0.6) is 0 Å². The molecule has 0 saturated heterocycles. The van der Waals surface area contributed by atoms with E-state index < -0.39 is 0 Å². The monoisotopic (exact) mass is 184 g/mol. The van der Waals surface area contributed by atoms with Gasteiger partial charge in [0, 0.05) is 11.8 Å². The smallest absolute Gasteiger partial charge is 0.138 e. The second kappa shape index (κ2) is 7.11. The molecule has 0 aromatic rings. The molecule has 0 saturated carbocycles. The highest BCUT2D eigenvalue weighted by Gasteiger charge is 2.15. The minimum Gasteiger partial charge on any atom is -0.299 e. The average molecular weight is 184 g/mol. The molecule has 0 spiro atoms. The van der Waals surface area contributed by atoms with Gasteiger partial charge in [0.2, 0.25) is 0 Å². The molecule has 1 heteroatoms. The standard InChI is InChI=1S/C12H24O/c1-5-6-7-8-9-11(4)12(13)10(2)3/h10-11H,5-9H2,1-4H3. The van der Waals surface area contributed by atoms with Gasteiger partial charge in [0.25, 0.3) is 0 Å². The van der Waals surface area contributed by atoms with Crippen molar-refractivity contribution < 1.29 is 4.79 Å². The van der Waals surface area contributed by atoms with Gasteiger partial charge in [-0.3, -0.25) is 4.79 Å². The first-order chi connectivity index (χ1) is 6.09. The summed E-state index contributed by atoms with van der Waals surface area (Å²) in [5.74, 6) is 0.912. The van der Waals surface area contributed by atoms with E-state index in [1.54, 1.807) is 0 Å². The zero-order chi connectivity index (χ0) is 10.3. The Morgan fingerprint density at radius 2 is 1.69 bits per heavy atom. The van der Waals surface area contributed by atoms with Gasteiger partial charge in [-0.1, -0.05) is 53.4 Å². The zero-order valence-electron chi connectivity index (χ0n) is 9.60. The largest absolute Gasteiger partial charge is 0.299 e. The molecule has 0 rings (SSSR count). The second-order valence-electron chi connectivity index (χ2n) is 4.31. The van der Waals surface area contributed by atoms with Gasteiger partial charge < -0.3 is 0 Å². The van der Waals surface area contributed by atoms with Crippen molar-refractivity contribution in [1.82, 2.24) is 0 Å². The SMILES string of the molecule is CCCCCCC(C)C(=O)C(C)C. The number of hydrogen-bond donors (Lipinski definition) is 0. The molecule has 78 valence electrons. The lowest BCUT2D eigenvalue weighted by atomic mass is 9.92. The summed E-state index contributed by atoms with van der Waals surface area (Å²) in [6.07, 6.45) is 6.16. The summed E-state index contributed by atoms with van der Waals surface area (Å²) in [4.78, 5) is 11.5. The van der Waals surface area contributed by atoms with Gasteiger partial charge in [-0.15, -0.1) is 0 Å². The summed E-state index contributed by atoms with van der Waals surface area (Å²) < 4.78 is 0. The Morgan fingerprint density at radius 3 is 2.15 bits per heavy atom. The Labute approximate surface area is 82.9 Å². The van der Waals surface area contributed by atoms with Gasteiger partial charge in [0.05, 0.1) is 0 Å². The van der Waals surface area contributed by atoms with E-state index in [4.69, 9.17) is 0 Å². The molecule has 0 aromatic heterocycles. The predicted molar refractivity (Wildman–Crippen MR) is 57.8 cm³/mol. The topological polar surface area (TPSA) is 17.1 Å². The van der Waals surface area contributed by atoms with Gasteiger partial charge in [-0.25, -0.2) is 0 Å². The first-order valence-electron chi connectivity index (χ1n) is 5.63. The molecule has 0 heterocycles. The van der Waals surface area contributed by atoms with Crippen molar-refractivity contribution >= 4 is 5.78 Å². The highest BCUT2D eigenvalue weighted by Crippen LogP contribution is 2.14. The minimum absolute atomic E-state index is 0.209. The fraction of sp³-hybridized carbons (Fsp3) is 0.917. The maximum absolute atomic E-state index is 11.5.